The van der Waals surface area contributed by atoms with Crippen LogP contribution in [0.25, 0.3) is 33.2 Å². The number of hydrogen-bond donors (Lipinski definition) is 0. The van der Waals surface area contributed by atoms with Gasteiger partial charge in [-0.2, -0.15) is 0 Å². The third kappa shape index (κ3) is 2.54. The van der Waals surface area contributed by atoms with E-state index in [-0.39, 0.29) is 17.8 Å². The molecule has 5 rings (SSSR count). The number of aromatic nitrogens is 2. The Morgan fingerprint density at radius 3 is 2.00 bits per heavy atom. The molecule has 0 saturated heterocycles. The number of ketones is 1. The Hall–Kier alpha value is -3.93. The Balaban J connectivity index is 2.04. The van der Waals surface area contributed by atoms with Gasteiger partial charge in [0.15, 0.2) is 0 Å². The Bertz CT molecular complexity index is 1390. The topological polar surface area (TPSA) is 80.2 Å². The van der Waals surface area contributed by atoms with E-state index in [4.69, 9.17) is 9.97 Å². The molecule has 0 atom stereocenters. The molecule has 0 saturated carbocycles. The minimum absolute atomic E-state index is 0.00772. The van der Waals surface area contributed by atoms with Crippen LogP contribution in [0.15, 0.2) is 54.6 Å². The molecule has 0 bridgehead atoms. The summed E-state index contributed by atoms with van der Waals surface area (Å²) in [6.07, 6.45) is 0.00772. The number of hydrogen-bond acceptors (Lipinski definition) is 5. The van der Waals surface area contributed by atoms with Gasteiger partial charge in [-0.15, -0.1) is 0 Å². The van der Waals surface area contributed by atoms with Crippen molar-refractivity contribution in [3.05, 3.63) is 71.3 Å². The molecule has 6 heteroatoms. The predicted molar refractivity (Wildman–Crippen MR) is 113 cm³/mol. The van der Waals surface area contributed by atoms with E-state index in [1.165, 1.54) is 14.0 Å². The quantitative estimate of drug-likeness (QED) is 0.389. The summed E-state index contributed by atoms with van der Waals surface area (Å²) in [7, 11) is 1.46. The SMILES string of the molecule is CC(=O)Cc1c2c(c(-c3ccccc3)c3nc4ccccc4nc13)C(=O)N(C)C2=O. The van der Waals surface area contributed by atoms with Crippen molar-refractivity contribution in [2.24, 2.45) is 0 Å². The largest absolute Gasteiger partial charge is 0.300 e. The number of para-hydroxylation sites is 2. The molecule has 6 nitrogen and oxygen atoms in total. The van der Waals surface area contributed by atoms with Gasteiger partial charge in [0.25, 0.3) is 11.8 Å². The number of fused-ring (bicyclic) bond motifs is 3. The van der Waals surface area contributed by atoms with Crippen molar-refractivity contribution in [2.45, 2.75) is 13.3 Å². The van der Waals surface area contributed by atoms with Crippen molar-refractivity contribution in [2.75, 3.05) is 7.05 Å². The van der Waals surface area contributed by atoms with Gasteiger partial charge in [0, 0.05) is 24.6 Å². The average Bonchev–Trinajstić information content (AvgIpc) is 2.97. The molecular weight excluding hydrogens is 378 g/mol. The van der Waals surface area contributed by atoms with Gasteiger partial charge in [-0.1, -0.05) is 42.5 Å². The van der Waals surface area contributed by atoms with Crippen LogP contribution in [0, 0.1) is 0 Å². The Morgan fingerprint density at radius 1 is 0.800 bits per heavy atom. The number of carbonyl (C=O) groups excluding carboxylic acids is 3. The molecule has 0 spiro atoms. The summed E-state index contributed by atoms with van der Waals surface area (Å²) in [6, 6.07) is 16.8. The standard InChI is InChI=1S/C24H17N3O3/c1-13(28)12-15-19-20(24(30)27(2)23(19)29)18(14-8-4-3-5-9-14)22-21(15)25-16-10-6-7-11-17(16)26-22/h3-11H,12H2,1-2H3. The molecule has 0 fully saturated rings. The second kappa shape index (κ2) is 6.56. The highest BCUT2D eigenvalue weighted by atomic mass is 16.2. The predicted octanol–water partition coefficient (Wildman–Crippen LogP) is 3.81. The number of Topliss-reactive ketones (excluding diaryl/α,β-unsaturated/α-hetero) is 1. The zero-order valence-corrected chi connectivity index (χ0v) is 16.5. The zero-order chi connectivity index (χ0) is 21.0. The van der Waals surface area contributed by atoms with Gasteiger partial charge in [-0.25, -0.2) is 9.97 Å². The fourth-order valence-corrected chi connectivity index (χ4v) is 4.08. The smallest absolute Gasteiger partial charge is 0.262 e. The monoisotopic (exact) mass is 395 g/mol. The molecule has 1 aromatic heterocycles. The van der Waals surface area contributed by atoms with Crippen molar-refractivity contribution in [3.63, 3.8) is 0 Å². The summed E-state index contributed by atoms with van der Waals surface area (Å²) in [5, 5.41) is 0. The fourth-order valence-electron chi connectivity index (χ4n) is 4.08. The molecule has 4 aromatic rings. The highest BCUT2D eigenvalue weighted by Crippen LogP contribution is 2.40. The minimum Gasteiger partial charge on any atom is -0.300 e. The first-order valence-electron chi connectivity index (χ1n) is 9.60. The van der Waals surface area contributed by atoms with Crippen LogP contribution in [0.1, 0.15) is 33.2 Å². The van der Waals surface area contributed by atoms with Gasteiger partial charge in [0.1, 0.15) is 5.78 Å². The highest BCUT2D eigenvalue weighted by Gasteiger charge is 2.40. The van der Waals surface area contributed by atoms with Gasteiger partial charge >= 0.3 is 0 Å². The maximum absolute atomic E-state index is 13.1. The van der Waals surface area contributed by atoms with Crippen LogP contribution in [0.3, 0.4) is 0 Å². The van der Waals surface area contributed by atoms with Crippen molar-refractivity contribution >= 4 is 39.7 Å². The molecule has 0 unspecified atom stereocenters. The summed E-state index contributed by atoms with van der Waals surface area (Å²) in [4.78, 5) is 49.0. The lowest BCUT2D eigenvalue weighted by Crippen LogP contribution is -2.24. The van der Waals surface area contributed by atoms with Crippen LogP contribution in [-0.2, 0) is 11.2 Å². The number of rotatable bonds is 3. The zero-order valence-electron chi connectivity index (χ0n) is 16.5. The van der Waals surface area contributed by atoms with Crippen LogP contribution in [0.5, 0.6) is 0 Å². The van der Waals surface area contributed by atoms with Crippen molar-refractivity contribution in [3.8, 4) is 11.1 Å². The minimum atomic E-state index is -0.416. The van der Waals surface area contributed by atoms with Crippen LogP contribution in [-0.4, -0.2) is 39.5 Å². The van der Waals surface area contributed by atoms with Crippen molar-refractivity contribution in [1.82, 2.24) is 14.9 Å². The van der Waals surface area contributed by atoms with E-state index >= 15 is 0 Å². The highest BCUT2D eigenvalue weighted by molar-refractivity contribution is 6.28. The van der Waals surface area contributed by atoms with Crippen LogP contribution in [0.4, 0.5) is 0 Å². The summed E-state index contributed by atoms with van der Waals surface area (Å²) >= 11 is 0. The van der Waals surface area contributed by atoms with Crippen molar-refractivity contribution in [1.29, 1.82) is 0 Å². The van der Waals surface area contributed by atoms with E-state index in [0.29, 0.717) is 38.8 Å². The van der Waals surface area contributed by atoms with E-state index in [2.05, 4.69) is 0 Å². The van der Waals surface area contributed by atoms with E-state index < -0.39 is 11.8 Å². The van der Waals surface area contributed by atoms with Gasteiger partial charge in [-0.3, -0.25) is 19.3 Å². The number of nitrogens with zero attached hydrogens (tertiary/aromatic N) is 3. The molecule has 30 heavy (non-hydrogen) atoms. The molecule has 0 N–H and O–H groups in total. The van der Waals surface area contributed by atoms with Gasteiger partial charge in [0.2, 0.25) is 0 Å². The second-order valence-corrected chi connectivity index (χ2v) is 7.43. The normalized spacial score (nSPS) is 13.3. The lowest BCUT2D eigenvalue weighted by molar-refractivity contribution is -0.116. The Labute approximate surface area is 172 Å². The molecule has 3 aromatic carbocycles. The van der Waals surface area contributed by atoms with E-state index in [1.54, 1.807) is 0 Å². The summed E-state index contributed by atoms with van der Waals surface area (Å²) < 4.78 is 0. The maximum atomic E-state index is 13.1. The molecule has 1 aliphatic rings. The molecule has 1 aliphatic heterocycles. The summed E-state index contributed by atoms with van der Waals surface area (Å²) in [5.74, 6) is -0.925. The molecule has 2 heterocycles. The number of benzene rings is 3. The first kappa shape index (κ1) is 18.1. The second-order valence-electron chi connectivity index (χ2n) is 7.43. The molecule has 0 aliphatic carbocycles. The third-order valence-electron chi connectivity index (χ3n) is 5.42. The number of imide groups is 1. The van der Waals surface area contributed by atoms with Crippen LogP contribution < -0.4 is 0 Å². The average molecular weight is 395 g/mol. The van der Waals surface area contributed by atoms with E-state index in [0.717, 1.165) is 10.5 Å². The van der Waals surface area contributed by atoms with E-state index in [1.807, 2.05) is 54.6 Å². The summed E-state index contributed by atoms with van der Waals surface area (Å²) in [5.41, 5.74) is 4.72. The fraction of sp³-hybridized carbons (Fsp3) is 0.125. The van der Waals surface area contributed by atoms with Crippen LogP contribution in [0.2, 0.25) is 0 Å². The van der Waals surface area contributed by atoms with Crippen LogP contribution >= 0.6 is 0 Å². The first-order valence-corrected chi connectivity index (χ1v) is 9.60. The van der Waals surface area contributed by atoms with Crippen molar-refractivity contribution < 1.29 is 14.4 Å². The molecule has 0 radical (unpaired) electrons. The van der Waals surface area contributed by atoms with Gasteiger partial charge < -0.3 is 0 Å². The van der Waals surface area contributed by atoms with Gasteiger partial charge in [-0.05, 0) is 24.6 Å². The Kier molecular flexibility index (Phi) is 3.96. The third-order valence-corrected chi connectivity index (χ3v) is 5.42. The maximum Gasteiger partial charge on any atom is 0.262 e. The molecule has 146 valence electrons. The number of carbonyl (C=O) groups is 3. The lowest BCUT2D eigenvalue weighted by atomic mass is 9.89. The molecule has 2 amide bonds. The number of amides is 2. The molecular formula is C24H17N3O3. The summed E-state index contributed by atoms with van der Waals surface area (Å²) in [6.45, 7) is 1.46. The lowest BCUT2D eigenvalue weighted by Gasteiger charge is -2.15. The Morgan fingerprint density at radius 2 is 1.37 bits per heavy atom. The van der Waals surface area contributed by atoms with Gasteiger partial charge in [0.05, 0.1) is 33.2 Å². The first-order chi connectivity index (χ1) is 14.5. The van der Waals surface area contributed by atoms with E-state index in [9.17, 15) is 14.4 Å².